The molecule has 7 nitrogen and oxygen atoms in total. The first-order valence-corrected chi connectivity index (χ1v) is 9.40. The normalized spacial score (nSPS) is 11.4. The highest BCUT2D eigenvalue weighted by Crippen LogP contribution is 2.13. The van der Waals surface area contributed by atoms with E-state index in [0.717, 1.165) is 11.0 Å². The van der Waals surface area contributed by atoms with Gasteiger partial charge in [0.05, 0.1) is 22.5 Å². The Balaban J connectivity index is 1.71. The zero-order valence-corrected chi connectivity index (χ0v) is 14.7. The number of fused-ring (bicyclic) bond motifs is 1. The first-order valence-electron chi connectivity index (χ1n) is 7.92. The fraction of sp³-hybridized carbons (Fsp3) is 0.111. The molecule has 1 amide bonds. The van der Waals surface area contributed by atoms with Crippen LogP contribution in [0.3, 0.4) is 0 Å². The Kier molecular flexibility index (Phi) is 5.15. The van der Waals surface area contributed by atoms with Crippen LogP contribution in [0.2, 0.25) is 0 Å². The molecule has 0 spiro atoms. The number of amides is 1. The summed E-state index contributed by atoms with van der Waals surface area (Å²) >= 11 is 0. The summed E-state index contributed by atoms with van der Waals surface area (Å²) in [7, 11) is -3.68. The van der Waals surface area contributed by atoms with Crippen LogP contribution in [0.1, 0.15) is 16.2 Å². The highest BCUT2D eigenvalue weighted by Gasteiger charge is 2.15. The van der Waals surface area contributed by atoms with E-state index in [1.807, 2.05) is 24.3 Å². The van der Waals surface area contributed by atoms with Crippen LogP contribution in [0.25, 0.3) is 11.0 Å². The summed E-state index contributed by atoms with van der Waals surface area (Å²) < 4.78 is 26.6. The highest BCUT2D eigenvalue weighted by molar-refractivity contribution is 7.89. The number of nitrogens with one attached hydrogen (secondary N) is 3. The van der Waals surface area contributed by atoms with E-state index in [1.165, 1.54) is 24.3 Å². The van der Waals surface area contributed by atoms with Gasteiger partial charge in [0.15, 0.2) is 0 Å². The lowest BCUT2D eigenvalue weighted by atomic mass is 10.2. The number of carbonyl (C=O) groups is 1. The molecule has 0 atom stereocenters. The number of hydrogen-bond donors (Lipinski definition) is 3. The van der Waals surface area contributed by atoms with Crippen LogP contribution in [0.15, 0.2) is 66.1 Å². The number of para-hydroxylation sites is 2. The van der Waals surface area contributed by atoms with Gasteiger partial charge in [-0.15, -0.1) is 6.58 Å². The number of rotatable bonds is 7. The lowest BCUT2D eigenvalue weighted by molar-refractivity contribution is 0.0949. The van der Waals surface area contributed by atoms with Gasteiger partial charge in [0.1, 0.15) is 5.82 Å². The third-order valence-electron chi connectivity index (χ3n) is 3.68. The van der Waals surface area contributed by atoms with Crippen molar-refractivity contribution in [2.75, 3.05) is 6.54 Å². The predicted octanol–water partition coefficient (Wildman–Crippen LogP) is 1.96. The van der Waals surface area contributed by atoms with E-state index in [9.17, 15) is 13.2 Å². The summed E-state index contributed by atoms with van der Waals surface area (Å²) in [5.74, 6) is 0.238. The van der Waals surface area contributed by atoms with Crippen molar-refractivity contribution in [2.24, 2.45) is 0 Å². The average Bonchev–Trinajstić information content (AvgIpc) is 3.07. The number of aromatic amines is 1. The van der Waals surface area contributed by atoms with Gasteiger partial charge < -0.3 is 10.3 Å². The number of H-pyrrole nitrogens is 1. The van der Waals surface area contributed by atoms with E-state index in [0.29, 0.717) is 5.82 Å². The number of sulfonamides is 1. The molecule has 26 heavy (non-hydrogen) atoms. The van der Waals surface area contributed by atoms with Crippen LogP contribution in [0.4, 0.5) is 0 Å². The number of aromatic nitrogens is 2. The van der Waals surface area contributed by atoms with Gasteiger partial charge >= 0.3 is 0 Å². The van der Waals surface area contributed by atoms with Crippen LogP contribution >= 0.6 is 0 Å². The third kappa shape index (κ3) is 3.98. The molecular formula is C18H18N4O3S. The summed E-state index contributed by atoms with van der Waals surface area (Å²) in [5, 5.41) is 2.73. The Morgan fingerprint density at radius 1 is 1.19 bits per heavy atom. The number of benzene rings is 2. The molecule has 0 saturated heterocycles. The number of hydrogen-bond acceptors (Lipinski definition) is 4. The first-order chi connectivity index (χ1) is 12.5. The quantitative estimate of drug-likeness (QED) is 0.553. The van der Waals surface area contributed by atoms with E-state index in [-0.39, 0.29) is 29.5 Å². The van der Waals surface area contributed by atoms with Gasteiger partial charge in [-0.2, -0.15) is 0 Å². The number of imidazole rings is 1. The van der Waals surface area contributed by atoms with E-state index in [1.54, 1.807) is 6.07 Å². The molecule has 0 aliphatic carbocycles. The van der Waals surface area contributed by atoms with Crippen molar-refractivity contribution in [3.63, 3.8) is 0 Å². The molecular weight excluding hydrogens is 352 g/mol. The first kappa shape index (κ1) is 17.8. The fourth-order valence-corrected chi connectivity index (χ4v) is 3.46. The smallest absolute Gasteiger partial charge is 0.251 e. The maximum Gasteiger partial charge on any atom is 0.251 e. The van der Waals surface area contributed by atoms with Gasteiger partial charge in [-0.25, -0.2) is 18.1 Å². The molecule has 3 aromatic rings. The van der Waals surface area contributed by atoms with Crippen LogP contribution in [0.5, 0.6) is 0 Å². The molecule has 0 saturated carbocycles. The zero-order valence-electron chi connectivity index (χ0n) is 13.9. The van der Waals surface area contributed by atoms with Gasteiger partial charge in [0.2, 0.25) is 10.0 Å². The van der Waals surface area contributed by atoms with Crippen molar-refractivity contribution in [3.8, 4) is 0 Å². The van der Waals surface area contributed by atoms with Gasteiger partial charge in [-0.3, -0.25) is 4.79 Å². The van der Waals surface area contributed by atoms with Gasteiger partial charge in [-0.05, 0) is 30.3 Å². The van der Waals surface area contributed by atoms with E-state index in [2.05, 4.69) is 26.6 Å². The summed E-state index contributed by atoms with van der Waals surface area (Å²) in [6, 6.07) is 13.4. The monoisotopic (exact) mass is 370 g/mol. The molecule has 1 heterocycles. The standard InChI is InChI=1S/C18H18N4O3S/c1-2-10-20-26(24,25)14-7-5-6-13(11-14)18(23)19-12-17-21-15-8-3-4-9-16(15)22-17/h2-9,11,20H,1,10,12H2,(H,19,23)(H,21,22). The van der Waals surface area contributed by atoms with Gasteiger partial charge in [0.25, 0.3) is 5.91 Å². The average molecular weight is 370 g/mol. The van der Waals surface area contributed by atoms with Crippen molar-refractivity contribution < 1.29 is 13.2 Å². The molecule has 134 valence electrons. The molecule has 0 aliphatic heterocycles. The fourth-order valence-electron chi connectivity index (χ4n) is 2.41. The summed E-state index contributed by atoms with van der Waals surface area (Å²) in [4.78, 5) is 19.9. The second-order valence-corrected chi connectivity index (χ2v) is 7.32. The minimum absolute atomic E-state index is 0.0238. The van der Waals surface area contributed by atoms with E-state index >= 15 is 0 Å². The second-order valence-electron chi connectivity index (χ2n) is 5.55. The molecule has 0 radical (unpaired) electrons. The minimum atomic E-state index is -3.68. The Morgan fingerprint density at radius 2 is 2.00 bits per heavy atom. The number of nitrogens with zero attached hydrogens (tertiary/aromatic N) is 1. The second kappa shape index (κ2) is 7.51. The maximum absolute atomic E-state index is 12.3. The Morgan fingerprint density at radius 3 is 2.77 bits per heavy atom. The third-order valence-corrected chi connectivity index (χ3v) is 5.10. The lowest BCUT2D eigenvalue weighted by Gasteiger charge is -2.07. The molecule has 0 bridgehead atoms. The topological polar surface area (TPSA) is 104 Å². The summed E-state index contributed by atoms with van der Waals surface area (Å²) in [6.07, 6.45) is 1.45. The molecule has 8 heteroatoms. The largest absolute Gasteiger partial charge is 0.345 e. The van der Waals surface area contributed by atoms with Crippen molar-refractivity contribution in [1.29, 1.82) is 0 Å². The molecule has 3 rings (SSSR count). The molecule has 3 N–H and O–H groups in total. The number of carbonyl (C=O) groups excluding carboxylic acids is 1. The lowest BCUT2D eigenvalue weighted by Crippen LogP contribution is -2.26. The Bertz CT molecular complexity index is 1020. The molecule has 0 fully saturated rings. The van der Waals surface area contributed by atoms with Crippen LogP contribution in [0, 0.1) is 0 Å². The van der Waals surface area contributed by atoms with E-state index < -0.39 is 10.0 Å². The van der Waals surface area contributed by atoms with Crippen molar-refractivity contribution in [1.82, 2.24) is 20.0 Å². The van der Waals surface area contributed by atoms with E-state index in [4.69, 9.17) is 0 Å². The molecule has 0 aliphatic rings. The van der Waals surface area contributed by atoms with Crippen molar-refractivity contribution in [3.05, 3.63) is 72.6 Å². The molecule has 0 unspecified atom stereocenters. The van der Waals surface area contributed by atoms with Crippen molar-refractivity contribution >= 4 is 27.0 Å². The summed E-state index contributed by atoms with van der Waals surface area (Å²) in [5.41, 5.74) is 1.96. The van der Waals surface area contributed by atoms with Gasteiger partial charge in [0, 0.05) is 12.1 Å². The highest BCUT2D eigenvalue weighted by atomic mass is 32.2. The molecule has 1 aromatic heterocycles. The van der Waals surface area contributed by atoms with Crippen molar-refractivity contribution in [2.45, 2.75) is 11.4 Å². The summed E-state index contributed by atoms with van der Waals surface area (Å²) in [6.45, 7) is 3.80. The Hall–Kier alpha value is -2.97. The van der Waals surface area contributed by atoms with Crippen LogP contribution in [-0.2, 0) is 16.6 Å². The van der Waals surface area contributed by atoms with Crippen LogP contribution in [-0.4, -0.2) is 30.8 Å². The Labute approximate surface area is 151 Å². The zero-order chi connectivity index (χ0) is 18.6. The molecule has 2 aromatic carbocycles. The van der Waals surface area contributed by atoms with Crippen LogP contribution < -0.4 is 10.0 Å². The van der Waals surface area contributed by atoms with Gasteiger partial charge in [-0.1, -0.05) is 24.3 Å². The minimum Gasteiger partial charge on any atom is -0.345 e. The predicted molar refractivity (Wildman–Crippen MR) is 99.1 cm³/mol. The SMILES string of the molecule is C=CCNS(=O)(=O)c1cccc(C(=O)NCc2nc3ccccc3[nH]2)c1. The maximum atomic E-state index is 12.3.